The minimum absolute atomic E-state index is 0.118. The van der Waals surface area contributed by atoms with Crippen molar-refractivity contribution in [2.45, 2.75) is 13.5 Å². The van der Waals surface area contributed by atoms with Crippen LogP contribution < -0.4 is 5.32 Å². The third-order valence-electron chi connectivity index (χ3n) is 2.66. The van der Waals surface area contributed by atoms with Crippen molar-refractivity contribution in [2.75, 3.05) is 5.32 Å². The molecule has 0 amide bonds. The second-order valence-electron chi connectivity index (χ2n) is 4.16. The van der Waals surface area contributed by atoms with Gasteiger partial charge in [0, 0.05) is 11.4 Å². The smallest absolute Gasteiger partial charge is 0.335 e. The first-order valence-electron chi connectivity index (χ1n) is 5.79. The van der Waals surface area contributed by atoms with Gasteiger partial charge in [0.15, 0.2) is 0 Å². The Labute approximate surface area is 110 Å². The Balaban J connectivity index is 2.12. The summed E-state index contributed by atoms with van der Waals surface area (Å²) in [6.45, 7) is 2.17. The maximum Gasteiger partial charge on any atom is 0.335 e. The van der Waals surface area contributed by atoms with Gasteiger partial charge in [-0.3, -0.25) is 4.98 Å². The van der Waals surface area contributed by atoms with Gasteiger partial charge in [0.1, 0.15) is 11.4 Å². The van der Waals surface area contributed by atoms with Crippen molar-refractivity contribution in [1.29, 1.82) is 0 Å². The van der Waals surface area contributed by atoms with Crippen LogP contribution in [0.1, 0.15) is 21.7 Å². The predicted molar refractivity (Wildman–Crippen MR) is 71.4 cm³/mol. The number of pyridine rings is 1. The van der Waals surface area contributed by atoms with Crippen molar-refractivity contribution >= 4 is 11.7 Å². The Morgan fingerprint density at radius 3 is 2.84 bits per heavy atom. The van der Waals surface area contributed by atoms with E-state index in [9.17, 15) is 9.90 Å². The summed E-state index contributed by atoms with van der Waals surface area (Å²) in [7, 11) is 0. The molecule has 0 saturated heterocycles. The van der Waals surface area contributed by atoms with E-state index in [4.69, 9.17) is 5.11 Å². The van der Waals surface area contributed by atoms with E-state index in [-0.39, 0.29) is 11.3 Å². The van der Waals surface area contributed by atoms with Gasteiger partial charge in [-0.05, 0) is 37.3 Å². The third kappa shape index (κ3) is 3.22. The van der Waals surface area contributed by atoms with Gasteiger partial charge in [0.2, 0.25) is 0 Å². The molecular weight excluding hydrogens is 244 g/mol. The predicted octanol–water partition coefficient (Wildman–Crippen LogP) is 2.41. The van der Waals surface area contributed by atoms with Crippen LogP contribution in [0, 0.1) is 6.92 Å². The molecule has 0 atom stereocenters. The highest BCUT2D eigenvalue weighted by atomic mass is 16.4. The molecule has 0 unspecified atom stereocenters. The monoisotopic (exact) mass is 258 g/mol. The topological polar surface area (TPSA) is 82.5 Å². The number of carboxylic acids is 1. The van der Waals surface area contributed by atoms with Crippen LogP contribution in [-0.2, 0) is 6.54 Å². The summed E-state index contributed by atoms with van der Waals surface area (Å²) in [6.07, 6.45) is 0. The molecule has 0 aliphatic heterocycles. The minimum Gasteiger partial charge on any atom is -0.506 e. The summed E-state index contributed by atoms with van der Waals surface area (Å²) >= 11 is 0. The van der Waals surface area contributed by atoms with E-state index in [0.29, 0.717) is 17.9 Å². The Morgan fingerprint density at radius 2 is 2.11 bits per heavy atom. The summed E-state index contributed by atoms with van der Waals surface area (Å²) in [6, 6.07) is 9.80. The summed E-state index contributed by atoms with van der Waals surface area (Å²) in [4.78, 5) is 15.1. The number of aromatic hydroxyl groups is 1. The van der Waals surface area contributed by atoms with Crippen LogP contribution >= 0.6 is 0 Å². The van der Waals surface area contributed by atoms with Crippen molar-refractivity contribution in [1.82, 2.24) is 4.98 Å². The van der Waals surface area contributed by atoms with E-state index in [1.54, 1.807) is 24.3 Å². The molecule has 0 radical (unpaired) electrons. The maximum atomic E-state index is 10.8. The van der Waals surface area contributed by atoms with Crippen molar-refractivity contribution in [2.24, 2.45) is 0 Å². The van der Waals surface area contributed by atoms with Crippen molar-refractivity contribution < 1.29 is 15.0 Å². The van der Waals surface area contributed by atoms with E-state index < -0.39 is 5.97 Å². The zero-order chi connectivity index (χ0) is 13.8. The van der Waals surface area contributed by atoms with Crippen LogP contribution in [0.2, 0.25) is 0 Å². The third-order valence-corrected chi connectivity index (χ3v) is 2.66. The Hall–Kier alpha value is -2.56. The van der Waals surface area contributed by atoms with E-state index in [0.717, 1.165) is 5.69 Å². The largest absolute Gasteiger partial charge is 0.506 e. The molecule has 0 fully saturated rings. The van der Waals surface area contributed by atoms with Crippen LogP contribution in [0.25, 0.3) is 0 Å². The molecule has 0 saturated carbocycles. The van der Waals surface area contributed by atoms with E-state index in [1.807, 2.05) is 6.92 Å². The number of hydrogen-bond donors (Lipinski definition) is 3. The number of anilines is 1. The lowest BCUT2D eigenvalue weighted by Gasteiger charge is -2.08. The van der Waals surface area contributed by atoms with Gasteiger partial charge in [0.05, 0.1) is 12.1 Å². The molecule has 3 N–H and O–H groups in total. The first-order chi connectivity index (χ1) is 9.06. The Kier molecular flexibility index (Phi) is 3.66. The SMILES string of the molecule is Cc1ccc(O)c(CNc2cccc(C(=O)O)c2)n1. The molecule has 19 heavy (non-hydrogen) atoms. The molecule has 0 aliphatic rings. The lowest BCUT2D eigenvalue weighted by molar-refractivity contribution is 0.0697. The minimum atomic E-state index is -0.972. The molecule has 1 aromatic carbocycles. The number of nitrogens with one attached hydrogen (secondary N) is 1. The highest BCUT2D eigenvalue weighted by Gasteiger charge is 2.05. The van der Waals surface area contributed by atoms with Crippen molar-refractivity contribution in [3.8, 4) is 5.75 Å². The van der Waals surface area contributed by atoms with Gasteiger partial charge in [0.25, 0.3) is 0 Å². The van der Waals surface area contributed by atoms with Crippen LogP contribution in [0.4, 0.5) is 5.69 Å². The standard InChI is InChI=1S/C14H14N2O3/c1-9-5-6-13(17)12(16-9)8-15-11-4-2-3-10(7-11)14(18)19/h2-7,15,17H,8H2,1H3,(H,18,19). The van der Waals surface area contributed by atoms with Gasteiger partial charge < -0.3 is 15.5 Å². The first kappa shape index (κ1) is 12.9. The molecule has 1 heterocycles. The second kappa shape index (κ2) is 5.39. The number of hydrogen-bond acceptors (Lipinski definition) is 4. The van der Waals surface area contributed by atoms with Gasteiger partial charge >= 0.3 is 5.97 Å². The van der Waals surface area contributed by atoms with Crippen LogP contribution in [-0.4, -0.2) is 21.2 Å². The lowest BCUT2D eigenvalue weighted by atomic mass is 10.2. The second-order valence-corrected chi connectivity index (χ2v) is 4.16. The van der Waals surface area contributed by atoms with Gasteiger partial charge in [-0.25, -0.2) is 4.79 Å². The normalized spacial score (nSPS) is 10.2. The molecule has 1 aromatic heterocycles. The first-order valence-corrected chi connectivity index (χ1v) is 5.79. The van der Waals surface area contributed by atoms with Crippen molar-refractivity contribution in [3.05, 3.63) is 53.3 Å². The fraction of sp³-hybridized carbons (Fsp3) is 0.143. The number of aromatic nitrogens is 1. The summed E-state index contributed by atoms with van der Waals surface area (Å²) < 4.78 is 0. The van der Waals surface area contributed by atoms with E-state index in [2.05, 4.69) is 10.3 Å². The Bertz CT molecular complexity index is 611. The molecule has 0 aliphatic carbocycles. The fourth-order valence-corrected chi connectivity index (χ4v) is 1.68. The lowest BCUT2D eigenvalue weighted by Crippen LogP contribution is -2.04. The molecule has 0 spiro atoms. The molecule has 98 valence electrons. The Morgan fingerprint density at radius 1 is 1.32 bits per heavy atom. The van der Waals surface area contributed by atoms with Gasteiger partial charge in [-0.15, -0.1) is 0 Å². The molecule has 2 aromatic rings. The fourth-order valence-electron chi connectivity index (χ4n) is 1.68. The van der Waals surface area contributed by atoms with Crippen LogP contribution in [0.15, 0.2) is 36.4 Å². The molecule has 2 rings (SSSR count). The zero-order valence-corrected chi connectivity index (χ0v) is 10.4. The molecule has 0 bridgehead atoms. The highest BCUT2D eigenvalue weighted by Crippen LogP contribution is 2.17. The summed E-state index contributed by atoms with van der Waals surface area (Å²) in [5.74, 6) is -0.854. The van der Waals surface area contributed by atoms with Gasteiger partial charge in [-0.2, -0.15) is 0 Å². The average molecular weight is 258 g/mol. The number of carbonyl (C=O) groups is 1. The molecular formula is C14H14N2O3. The number of benzene rings is 1. The summed E-state index contributed by atoms with van der Waals surface area (Å²) in [5, 5.41) is 21.6. The van der Waals surface area contributed by atoms with Crippen LogP contribution in [0.5, 0.6) is 5.75 Å². The van der Waals surface area contributed by atoms with E-state index >= 15 is 0 Å². The van der Waals surface area contributed by atoms with Crippen molar-refractivity contribution in [3.63, 3.8) is 0 Å². The zero-order valence-electron chi connectivity index (χ0n) is 10.4. The molecule has 5 heteroatoms. The number of aromatic carboxylic acids is 1. The average Bonchev–Trinajstić information content (AvgIpc) is 2.40. The number of nitrogens with zero attached hydrogens (tertiary/aromatic N) is 1. The number of rotatable bonds is 4. The molecule has 5 nitrogen and oxygen atoms in total. The maximum absolute atomic E-state index is 10.8. The number of aryl methyl sites for hydroxylation is 1. The highest BCUT2D eigenvalue weighted by molar-refractivity contribution is 5.88. The van der Waals surface area contributed by atoms with E-state index in [1.165, 1.54) is 12.1 Å². The summed E-state index contributed by atoms with van der Waals surface area (Å²) in [5.41, 5.74) is 2.23. The van der Waals surface area contributed by atoms with Crippen LogP contribution in [0.3, 0.4) is 0 Å². The van der Waals surface area contributed by atoms with Gasteiger partial charge in [-0.1, -0.05) is 6.07 Å². The quantitative estimate of drug-likeness (QED) is 0.784. The number of carboxylic acid groups (broad SMARTS) is 1.